The highest BCUT2D eigenvalue weighted by atomic mass is 127. The van der Waals surface area contributed by atoms with Crippen molar-refractivity contribution in [3.8, 4) is 0 Å². The number of hydrogen-bond acceptors (Lipinski definition) is 0. The Labute approximate surface area is 348 Å². The molecule has 3 aromatic carbocycles. The first-order valence-electron chi connectivity index (χ1n) is 19.3. The lowest BCUT2D eigenvalue weighted by atomic mass is 9.52. The van der Waals surface area contributed by atoms with Crippen LogP contribution >= 0.6 is 48.0 Å². The standard InChI is InChI=1S/C19H20.C14H24.C14H18.C2H6.2HI/c1-18(2)13-14-19(15-18,16-9-5-3-6-10-16)17-11-7-4-8-12-17;1-12(2)10-11-13(3,4)14(12)8-6-5-7-9-14;1-13(2)9-10-14(3,11-13)12-7-5-4-6-8-12;1-2;;/h3-14H,15H2,1-2H3;10-11H,5-9H2,1-4H3;4-10H,11H2,1-3H3;1-2H3;2*1H. The fraction of sp³-hybridized carbons (Fsp3) is 0.510. The van der Waals surface area contributed by atoms with E-state index >= 15 is 0 Å². The summed E-state index contributed by atoms with van der Waals surface area (Å²) >= 11 is 0. The molecule has 0 amide bonds. The summed E-state index contributed by atoms with van der Waals surface area (Å²) in [6.45, 7) is 25.3. The van der Waals surface area contributed by atoms with Crippen LogP contribution in [0.5, 0.6) is 0 Å². The summed E-state index contributed by atoms with van der Waals surface area (Å²) in [6, 6.07) is 32.5. The highest BCUT2D eigenvalue weighted by molar-refractivity contribution is 14.0. The van der Waals surface area contributed by atoms with Gasteiger partial charge in [-0.2, -0.15) is 0 Å². The monoisotopic (exact) mass is 912 g/mol. The van der Waals surface area contributed by atoms with E-state index < -0.39 is 0 Å². The minimum Gasteiger partial charge on any atom is -0.107 e. The zero-order valence-electron chi connectivity index (χ0n) is 33.9. The van der Waals surface area contributed by atoms with Crippen molar-refractivity contribution in [1.82, 2.24) is 0 Å². The summed E-state index contributed by atoms with van der Waals surface area (Å²) in [7, 11) is 0. The largest absolute Gasteiger partial charge is 0.107 e. The van der Waals surface area contributed by atoms with Gasteiger partial charge in [0.05, 0.1) is 0 Å². The molecule has 4 aliphatic carbocycles. The molecular weight excluding hydrogens is 842 g/mol. The van der Waals surface area contributed by atoms with Gasteiger partial charge in [0.1, 0.15) is 0 Å². The number of halogens is 2. The Kier molecular flexibility index (Phi) is 16.2. The lowest BCUT2D eigenvalue weighted by Crippen LogP contribution is -2.44. The fourth-order valence-corrected chi connectivity index (χ4v) is 9.74. The molecule has 3 aromatic rings. The van der Waals surface area contributed by atoms with E-state index in [2.05, 4.69) is 190 Å². The van der Waals surface area contributed by atoms with Crippen molar-refractivity contribution in [1.29, 1.82) is 0 Å². The molecule has 7 rings (SSSR count). The van der Waals surface area contributed by atoms with Crippen LogP contribution in [0.4, 0.5) is 0 Å². The molecule has 0 radical (unpaired) electrons. The molecule has 1 fully saturated rings. The summed E-state index contributed by atoms with van der Waals surface area (Å²) in [5.41, 5.74) is 6.48. The molecule has 2 heteroatoms. The normalized spacial score (nSPS) is 24.3. The maximum atomic E-state index is 2.47. The van der Waals surface area contributed by atoms with E-state index in [1.807, 2.05) is 13.8 Å². The molecule has 1 saturated carbocycles. The molecule has 51 heavy (non-hydrogen) atoms. The quantitative estimate of drug-likeness (QED) is 0.181. The Balaban J connectivity index is 0.000000258. The Morgan fingerprint density at radius 1 is 0.392 bits per heavy atom. The van der Waals surface area contributed by atoms with Crippen LogP contribution in [0.1, 0.15) is 138 Å². The van der Waals surface area contributed by atoms with E-state index in [1.54, 1.807) is 0 Å². The van der Waals surface area contributed by atoms with Crippen LogP contribution in [0.2, 0.25) is 0 Å². The molecule has 0 nitrogen and oxygen atoms in total. The summed E-state index contributed by atoms with van der Waals surface area (Å²) in [4.78, 5) is 0. The summed E-state index contributed by atoms with van der Waals surface area (Å²) < 4.78 is 0. The molecule has 0 saturated heterocycles. The van der Waals surface area contributed by atoms with Crippen molar-refractivity contribution in [3.05, 3.63) is 144 Å². The molecule has 4 aliphatic rings. The van der Waals surface area contributed by atoms with Crippen molar-refractivity contribution in [2.75, 3.05) is 0 Å². The van der Waals surface area contributed by atoms with Gasteiger partial charge < -0.3 is 0 Å². The second-order valence-corrected chi connectivity index (χ2v) is 17.9. The topological polar surface area (TPSA) is 0 Å². The SMILES string of the molecule is CC.CC1(C)C=CC(C)(C)C12CCCCC2.CC1(C)C=CC(C)(c2ccccc2)C1.CC1(C)C=CC(c2ccccc2)(c2ccccc2)C1.I.I. The maximum absolute atomic E-state index is 2.47. The predicted molar refractivity (Wildman–Crippen MR) is 247 cm³/mol. The third kappa shape index (κ3) is 10.1. The Bertz CT molecular complexity index is 1490. The number of hydrogen-bond donors (Lipinski definition) is 0. The second kappa shape index (κ2) is 18.1. The van der Waals surface area contributed by atoms with Crippen LogP contribution in [0.25, 0.3) is 0 Å². The Morgan fingerprint density at radius 2 is 0.765 bits per heavy atom. The van der Waals surface area contributed by atoms with Crippen LogP contribution in [0.3, 0.4) is 0 Å². The van der Waals surface area contributed by atoms with E-state index in [4.69, 9.17) is 0 Å². The maximum Gasteiger partial charge on any atom is 0.0390 e. The van der Waals surface area contributed by atoms with E-state index in [1.165, 1.54) is 55.2 Å². The summed E-state index contributed by atoms with van der Waals surface area (Å²) in [5.74, 6) is 0. The third-order valence-electron chi connectivity index (χ3n) is 12.4. The van der Waals surface area contributed by atoms with Crippen LogP contribution in [0, 0.1) is 27.1 Å². The van der Waals surface area contributed by atoms with Crippen LogP contribution in [-0.2, 0) is 10.8 Å². The first-order chi connectivity index (χ1) is 23.1. The number of benzene rings is 3. The molecule has 0 N–H and O–H groups in total. The molecule has 0 heterocycles. The van der Waals surface area contributed by atoms with E-state index in [9.17, 15) is 0 Å². The zero-order valence-corrected chi connectivity index (χ0v) is 38.6. The highest BCUT2D eigenvalue weighted by Gasteiger charge is 2.55. The average molecular weight is 913 g/mol. The molecule has 0 bridgehead atoms. The fourth-order valence-electron chi connectivity index (χ4n) is 9.74. The van der Waals surface area contributed by atoms with Gasteiger partial charge in [0, 0.05) is 10.8 Å². The van der Waals surface area contributed by atoms with Gasteiger partial charge >= 0.3 is 0 Å². The van der Waals surface area contributed by atoms with Gasteiger partial charge in [0.15, 0.2) is 0 Å². The Morgan fingerprint density at radius 3 is 1.12 bits per heavy atom. The van der Waals surface area contributed by atoms with Crippen molar-refractivity contribution in [2.24, 2.45) is 27.1 Å². The van der Waals surface area contributed by atoms with Gasteiger partial charge in [-0.3, -0.25) is 0 Å². The molecule has 0 aliphatic heterocycles. The smallest absolute Gasteiger partial charge is 0.0390 e. The summed E-state index contributed by atoms with van der Waals surface area (Å²) in [5, 5.41) is 0. The molecule has 0 aromatic heterocycles. The molecule has 280 valence electrons. The first-order valence-corrected chi connectivity index (χ1v) is 19.3. The number of allylic oxidation sites excluding steroid dienone is 6. The first kappa shape index (κ1) is 45.5. The van der Waals surface area contributed by atoms with E-state index in [0.717, 1.165) is 6.42 Å². The van der Waals surface area contributed by atoms with Gasteiger partial charge in [-0.1, -0.05) is 223 Å². The molecule has 1 unspecified atom stereocenters. The molecular formula is C49H70I2. The van der Waals surface area contributed by atoms with Crippen LogP contribution in [0.15, 0.2) is 127 Å². The van der Waals surface area contributed by atoms with E-state index in [-0.39, 0.29) is 64.2 Å². The molecule has 1 spiro atoms. The van der Waals surface area contributed by atoms with Crippen LogP contribution < -0.4 is 0 Å². The zero-order chi connectivity index (χ0) is 36.0. The van der Waals surface area contributed by atoms with Gasteiger partial charge in [-0.05, 0) is 69.4 Å². The minimum absolute atomic E-state index is 0. The van der Waals surface area contributed by atoms with E-state index in [0.29, 0.717) is 21.7 Å². The van der Waals surface area contributed by atoms with Gasteiger partial charge in [0.25, 0.3) is 0 Å². The Hall–Kier alpha value is -1.66. The predicted octanol–water partition coefficient (Wildman–Crippen LogP) is 15.7. The van der Waals surface area contributed by atoms with Gasteiger partial charge in [0.2, 0.25) is 0 Å². The summed E-state index contributed by atoms with van der Waals surface area (Å²) in [6.07, 6.45) is 24.0. The van der Waals surface area contributed by atoms with Crippen LogP contribution in [-0.4, -0.2) is 0 Å². The molecule has 1 atom stereocenters. The lowest BCUT2D eigenvalue weighted by molar-refractivity contribution is -0.0118. The minimum atomic E-state index is 0. The number of rotatable bonds is 3. The average Bonchev–Trinajstić information content (AvgIpc) is 3.66. The highest BCUT2D eigenvalue weighted by Crippen LogP contribution is 2.64. The van der Waals surface area contributed by atoms with Crippen molar-refractivity contribution in [2.45, 2.75) is 132 Å². The van der Waals surface area contributed by atoms with Crippen molar-refractivity contribution in [3.63, 3.8) is 0 Å². The lowest BCUT2D eigenvalue weighted by Gasteiger charge is -2.52. The third-order valence-corrected chi connectivity index (χ3v) is 12.4. The van der Waals surface area contributed by atoms with Gasteiger partial charge in [-0.15, -0.1) is 48.0 Å². The van der Waals surface area contributed by atoms with Crippen molar-refractivity contribution < 1.29 is 0 Å². The van der Waals surface area contributed by atoms with Gasteiger partial charge in [-0.25, -0.2) is 0 Å². The second-order valence-electron chi connectivity index (χ2n) is 17.9. The van der Waals surface area contributed by atoms with Crippen molar-refractivity contribution >= 4 is 48.0 Å².